The lowest BCUT2D eigenvalue weighted by Gasteiger charge is -2.28. The summed E-state index contributed by atoms with van der Waals surface area (Å²) >= 11 is 0. The highest BCUT2D eigenvalue weighted by Crippen LogP contribution is 2.23. The van der Waals surface area contributed by atoms with Crippen molar-refractivity contribution < 1.29 is 0 Å². The van der Waals surface area contributed by atoms with Crippen molar-refractivity contribution in [1.29, 1.82) is 0 Å². The Morgan fingerprint density at radius 1 is 1.42 bits per heavy atom. The molecule has 0 aromatic heterocycles. The van der Waals surface area contributed by atoms with Crippen molar-refractivity contribution >= 4 is 0 Å². The molecule has 2 atom stereocenters. The lowest BCUT2D eigenvalue weighted by atomic mass is 10.0. The van der Waals surface area contributed by atoms with Crippen molar-refractivity contribution in [3.8, 4) is 0 Å². The van der Waals surface area contributed by atoms with Crippen molar-refractivity contribution in [1.82, 2.24) is 4.90 Å². The van der Waals surface area contributed by atoms with Gasteiger partial charge in [-0.3, -0.25) is 4.90 Å². The van der Waals surface area contributed by atoms with Gasteiger partial charge in [0.05, 0.1) is 0 Å². The third-order valence-corrected chi connectivity index (χ3v) is 2.71. The van der Waals surface area contributed by atoms with E-state index in [1.54, 1.807) is 0 Å². The van der Waals surface area contributed by atoms with Crippen LogP contribution in [0.15, 0.2) is 0 Å². The van der Waals surface area contributed by atoms with Gasteiger partial charge in [-0.25, -0.2) is 0 Å². The summed E-state index contributed by atoms with van der Waals surface area (Å²) in [6.45, 7) is 9.04. The summed E-state index contributed by atoms with van der Waals surface area (Å²) in [5, 5.41) is 0. The molecule has 1 rings (SSSR count). The molecule has 72 valence electrons. The molecule has 2 nitrogen and oxygen atoms in total. The van der Waals surface area contributed by atoms with E-state index in [0.717, 1.165) is 18.5 Å². The SMILES string of the molecule is CC(C)C1CCCN1C[C@H](C)N. The number of nitrogens with two attached hydrogens (primary N) is 1. The van der Waals surface area contributed by atoms with E-state index in [9.17, 15) is 0 Å². The van der Waals surface area contributed by atoms with E-state index in [1.165, 1.54) is 19.4 Å². The highest BCUT2D eigenvalue weighted by atomic mass is 15.2. The van der Waals surface area contributed by atoms with Gasteiger partial charge in [0.15, 0.2) is 0 Å². The molecule has 12 heavy (non-hydrogen) atoms. The molecule has 1 aliphatic rings. The molecule has 0 spiro atoms. The summed E-state index contributed by atoms with van der Waals surface area (Å²) in [7, 11) is 0. The smallest absolute Gasteiger partial charge is 0.0139 e. The zero-order valence-electron chi connectivity index (χ0n) is 8.59. The molecule has 0 aromatic carbocycles. The molecular weight excluding hydrogens is 148 g/mol. The predicted octanol–water partition coefficient (Wildman–Crippen LogP) is 1.45. The molecule has 0 aliphatic carbocycles. The van der Waals surface area contributed by atoms with Crippen molar-refractivity contribution in [2.75, 3.05) is 13.1 Å². The Morgan fingerprint density at radius 2 is 2.08 bits per heavy atom. The largest absolute Gasteiger partial charge is 0.327 e. The van der Waals surface area contributed by atoms with Crippen LogP contribution in [0.1, 0.15) is 33.6 Å². The first-order chi connectivity index (χ1) is 5.61. The van der Waals surface area contributed by atoms with Crippen LogP contribution in [0.4, 0.5) is 0 Å². The molecule has 0 bridgehead atoms. The zero-order chi connectivity index (χ0) is 9.14. The van der Waals surface area contributed by atoms with Gasteiger partial charge < -0.3 is 5.73 Å². The highest BCUT2D eigenvalue weighted by Gasteiger charge is 2.26. The summed E-state index contributed by atoms with van der Waals surface area (Å²) in [5.41, 5.74) is 5.79. The van der Waals surface area contributed by atoms with E-state index in [2.05, 4.69) is 25.7 Å². The van der Waals surface area contributed by atoms with Gasteiger partial charge in [-0.2, -0.15) is 0 Å². The molecule has 1 aliphatic heterocycles. The average Bonchev–Trinajstić information content (AvgIpc) is 2.33. The fourth-order valence-electron chi connectivity index (χ4n) is 2.20. The molecule has 1 heterocycles. The first-order valence-electron chi connectivity index (χ1n) is 5.11. The maximum Gasteiger partial charge on any atom is 0.0139 e. The lowest BCUT2D eigenvalue weighted by molar-refractivity contribution is 0.198. The van der Waals surface area contributed by atoms with Crippen LogP contribution in [-0.4, -0.2) is 30.1 Å². The molecule has 0 saturated carbocycles. The Hall–Kier alpha value is -0.0800. The summed E-state index contributed by atoms with van der Waals surface area (Å²) in [6.07, 6.45) is 2.72. The minimum absolute atomic E-state index is 0.323. The average molecular weight is 170 g/mol. The van der Waals surface area contributed by atoms with Crippen molar-refractivity contribution in [3.05, 3.63) is 0 Å². The molecule has 2 heteroatoms. The Labute approximate surface area is 76.1 Å². The Bertz CT molecular complexity index is 132. The molecule has 0 amide bonds. The summed E-state index contributed by atoms with van der Waals surface area (Å²) in [6, 6.07) is 1.11. The number of likely N-dealkylation sites (tertiary alicyclic amines) is 1. The first-order valence-corrected chi connectivity index (χ1v) is 5.11. The highest BCUT2D eigenvalue weighted by molar-refractivity contribution is 4.82. The van der Waals surface area contributed by atoms with E-state index in [-0.39, 0.29) is 0 Å². The summed E-state index contributed by atoms with van der Waals surface area (Å²) < 4.78 is 0. The number of rotatable bonds is 3. The van der Waals surface area contributed by atoms with E-state index in [0.29, 0.717) is 6.04 Å². The number of hydrogen-bond donors (Lipinski definition) is 1. The van der Waals surface area contributed by atoms with Crippen molar-refractivity contribution in [2.45, 2.75) is 45.7 Å². The van der Waals surface area contributed by atoms with Gasteiger partial charge in [0, 0.05) is 18.6 Å². The molecule has 1 fully saturated rings. The second kappa shape index (κ2) is 4.24. The maximum atomic E-state index is 5.79. The van der Waals surface area contributed by atoms with E-state index in [4.69, 9.17) is 5.73 Å². The van der Waals surface area contributed by atoms with Crippen LogP contribution in [0, 0.1) is 5.92 Å². The standard InChI is InChI=1S/C10H22N2/c1-8(2)10-5-4-6-12(10)7-9(3)11/h8-10H,4-7,11H2,1-3H3/t9-,10?/m0/s1. The third-order valence-electron chi connectivity index (χ3n) is 2.71. The summed E-state index contributed by atoms with van der Waals surface area (Å²) in [4.78, 5) is 2.55. The van der Waals surface area contributed by atoms with Crippen LogP contribution in [0.3, 0.4) is 0 Å². The van der Waals surface area contributed by atoms with E-state index in [1.807, 2.05) is 0 Å². The van der Waals surface area contributed by atoms with Crippen LogP contribution in [0.5, 0.6) is 0 Å². The second-order valence-electron chi connectivity index (χ2n) is 4.43. The minimum Gasteiger partial charge on any atom is -0.327 e. The van der Waals surface area contributed by atoms with Crippen LogP contribution in [0.25, 0.3) is 0 Å². The summed E-state index contributed by atoms with van der Waals surface area (Å²) in [5.74, 6) is 0.784. The van der Waals surface area contributed by atoms with Gasteiger partial charge in [0.1, 0.15) is 0 Å². The van der Waals surface area contributed by atoms with Crippen LogP contribution < -0.4 is 5.73 Å². The van der Waals surface area contributed by atoms with Gasteiger partial charge in [-0.05, 0) is 32.2 Å². The van der Waals surface area contributed by atoms with Gasteiger partial charge in [0.25, 0.3) is 0 Å². The Balaban J connectivity index is 2.41. The van der Waals surface area contributed by atoms with Crippen LogP contribution in [-0.2, 0) is 0 Å². The Morgan fingerprint density at radius 3 is 2.58 bits per heavy atom. The topological polar surface area (TPSA) is 29.3 Å². The maximum absolute atomic E-state index is 5.79. The van der Waals surface area contributed by atoms with Crippen molar-refractivity contribution in [2.24, 2.45) is 11.7 Å². The van der Waals surface area contributed by atoms with Crippen molar-refractivity contribution in [3.63, 3.8) is 0 Å². The molecule has 1 unspecified atom stereocenters. The zero-order valence-corrected chi connectivity index (χ0v) is 8.59. The van der Waals surface area contributed by atoms with E-state index < -0.39 is 0 Å². The fourth-order valence-corrected chi connectivity index (χ4v) is 2.20. The first kappa shape index (κ1) is 10.0. The number of hydrogen-bond acceptors (Lipinski definition) is 2. The second-order valence-corrected chi connectivity index (χ2v) is 4.43. The number of nitrogens with zero attached hydrogens (tertiary/aromatic N) is 1. The lowest BCUT2D eigenvalue weighted by Crippen LogP contribution is -2.40. The predicted molar refractivity (Wildman–Crippen MR) is 53.1 cm³/mol. The van der Waals surface area contributed by atoms with Gasteiger partial charge in [-0.1, -0.05) is 13.8 Å². The van der Waals surface area contributed by atoms with Crippen LogP contribution >= 0.6 is 0 Å². The van der Waals surface area contributed by atoms with Gasteiger partial charge in [-0.15, -0.1) is 0 Å². The van der Waals surface area contributed by atoms with Crippen LogP contribution in [0.2, 0.25) is 0 Å². The quantitative estimate of drug-likeness (QED) is 0.694. The normalized spacial score (nSPS) is 28.2. The Kier molecular flexibility index (Phi) is 3.53. The molecule has 0 radical (unpaired) electrons. The van der Waals surface area contributed by atoms with Gasteiger partial charge >= 0.3 is 0 Å². The molecule has 0 aromatic rings. The third kappa shape index (κ3) is 2.46. The fraction of sp³-hybridized carbons (Fsp3) is 1.00. The molecule has 2 N–H and O–H groups in total. The van der Waals surface area contributed by atoms with E-state index >= 15 is 0 Å². The monoisotopic (exact) mass is 170 g/mol. The molecule has 1 saturated heterocycles. The minimum atomic E-state index is 0.323. The van der Waals surface area contributed by atoms with Gasteiger partial charge in [0.2, 0.25) is 0 Å². The molecular formula is C10H22N2.